The summed E-state index contributed by atoms with van der Waals surface area (Å²) in [5.41, 5.74) is 0.818. The van der Waals surface area contributed by atoms with Gasteiger partial charge in [0.05, 0.1) is 11.0 Å². The van der Waals surface area contributed by atoms with Crippen LogP contribution in [-0.2, 0) is 4.79 Å². The molecule has 1 aromatic rings. The van der Waals surface area contributed by atoms with E-state index in [0.29, 0.717) is 18.5 Å². The second-order valence-corrected chi connectivity index (χ2v) is 6.53. The van der Waals surface area contributed by atoms with E-state index in [0.717, 1.165) is 16.5 Å². The van der Waals surface area contributed by atoms with Gasteiger partial charge in [0.2, 0.25) is 0 Å². The minimum absolute atomic E-state index is 0.107. The molecular weight excluding hydrogens is 322 g/mol. The first-order valence-electron chi connectivity index (χ1n) is 6.62. The van der Waals surface area contributed by atoms with E-state index < -0.39 is 11.4 Å². The molecule has 0 bridgehead atoms. The van der Waals surface area contributed by atoms with Gasteiger partial charge in [-0.1, -0.05) is 6.07 Å². The van der Waals surface area contributed by atoms with Crippen molar-refractivity contribution in [1.82, 2.24) is 4.90 Å². The van der Waals surface area contributed by atoms with E-state index in [2.05, 4.69) is 15.9 Å². The van der Waals surface area contributed by atoms with Crippen LogP contribution in [-0.4, -0.2) is 35.0 Å². The second kappa shape index (κ2) is 5.56. The fourth-order valence-electron chi connectivity index (χ4n) is 2.55. The number of likely N-dealkylation sites (tertiary alicyclic amines) is 1. The maximum Gasteiger partial charge on any atom is 0.311 e. The summed E-state index contributed by atoms with van der Waals surface area (Å²) >= 11 is 3.41. The SMILES string of the molecule is Cc1ccc(C(=O)N2CCCC(C)(C(=O)O)C2)c(Br)c1. The van der Waals surface area contributed by atoms with Crippen LogP contribution in [0.4, 0.5) is 0 Å². The molecule has 0 aliphatic carbocycles. The van der Waals surface area contributed by atoms with Crippen molar-refractivity contribution in [1.29, 1.82) is 0 Å². The van der Waals surface area contributed by atoms with Gasteiger partial charge in [0.25, 0.3) is 5.91 Å². The molecule has 0 spiro atoms. The predicted molar refractivity (Wildman–Crippen MR) is 79.8 cm³/mol. The van der Waals surface area contributed by atoms with Gasteiger partial charge in [-0.15, -0.1) is 0 Å². The quantitative estimate of drug-likeness (QED) is 0.900. The molecule has 108 valence electrons. The molecule has 1 heterocycles. The van der Waals surface area contributed by atoms with E-state index in [-0.39, 0.29) is 12.5 Å². The zero-order chi connectivity index (χ0) is 14.9. The van der Waals surface area contributed by atoms with Gasteiger partial charge in [0.15, 0.2) is 0 Å². The molecule has 20 heavy (non-hydrogen) atoms. The van der Waals surface area contributed by atoms with E-state index >= 15 is 0 Å². The van der Waals surface area contributed by atoms with Crippen molar-refractivity contribution in [3.05, 3.63) is 33.8 Å². The van der Waals surface area contributed by atoms with Crippen LogP contribution in [0.15, 0.2) is 22.7 Å². The van der Waals surface area contributed by atoms with Gasteiger partial charge in [0.1, 0.15) is 0 Å². The van der Waals surface area contributed by atoms with E-state index in [1.54, 1.807) is 17.9 Å². The van der Waals surface area contributed by atoms with Gasteiger partial charge >= 0.3 is 5.97 Å². The van der Waals surface area contributed by atoms with E-state index in [1.807, 2.05) is 19.1 Å². The highest BCUT2D eigenvalue weighted by molar-refractivity contribution is 9.10. The number of carboxylic acids is 1. The van der Waals surface area contributed by atoms with Gasteiger partial charge in [-0.2, -0.15) is 0 Å². The molecule has 4 nitrogen and oxygen atoms in total. The molecule has 1 amide bonds. The standard InChI is InChI=1S/C15H18BrNO3/c1-10-4-5-11(12(16)8-10)13(18)17-7-3-6-15(2,9-17)14(19)20/h4-5,8H,3,6-7,9H2,1-2H3,(H,19,20). The van der Waals surface area contributed by atoms with Crippen molar-refractivity contribution >= 4 is 27.8 Å². The zero-order valence-electron chi connectivity index (χ0n) is 11.6. The maximum absolute atomic E-state index is 12.5. The van der Waals surface area contributed by atoms with Crippen LogP contribution in [0.1, 0.15) is 35.7 Å². The molecule has 1 fully saturated rings. The summed E-state index contributed by atoms with van der Waals surface area (Å²) in [5, 5.41) is 9.31. The second-order valence-electron chi connectivity index (χ2n) is 5.68. The number of aliphatic carboxylic acids is 1. The first-order chi connectivity index (χ1) is 9.33. The highest BCUT2D eigenvalue weighted by Gasteiger charge is 2.39. The minimum Gasteiger partial charge on any atom is -0.481 e. The molecule has 1 saturated heterocycles. The molecule has 0 radical (unpaired) electrons. The van der Waals surface area contributed by atoms with E-state index in [4.69, 9.17) is 0 Å². The van der Waals surface area contributed by atoms with Gasteiger partial charge in [0, 0.05) is 17.6 Å². The molecule has 2 rings (SSSR count). The molecule has 1 aromatic carbocycles. The van der Waals surface area contributed by atoms with E-state index in [1.165, 1.54) is 0 Å². The number of halogens is 1. The summed E-state index contributed by atoms with van der Waals surface area (Å²) in [6, 6.07) is 5.57. The number of carbonyl (C=O) groups excluding carboxylic acids is 1. The molecule has 0 saturated carbocycles. The minimum atomic E-state index is -0.842. The number of aryl methyl sites for hydroxylation is 1. The van der Waals surface area contributed by atoms with Crippen molar-refractivity contribution in [2.75, 3.05) is 13.1 Å². The number of rotatable bonds is 2. The van der Waals surface area contributed by atoms with Crippen LogP contribution in [0.3, 0.4) is 0 Å². The van der Waals surface area contributed by atoms with Crippen molar-refractivity contribution in [2.45, 2.75) is 26.7 Å². The molecule has 1 N–H and O–H groups in total. The normalized spacial score (nSPS) is 22.6. The number of hydrogen-bond acceptors (Lipinski definition) is 2. The van der Waals surface area contributed by atoms with Gasteiger partial charge in [-0.3, -0.25) is 9.59 Å². The van der Waals surface area contributed by atoms with Gasteiger partial charge in [-0.25, -0.2) is 0 Å². The number of carbonyl (C=O) groups is 2. The lowest BCUT2D eigenvalue weighted by Crippen LogP contribution is -2.48. The largest absolute Gasteiger partial charge is 0.481 e. The van der Waals surface area contributed by atoms with Crippen LogP contribution < -0.4 is 0 Å². The summed E-state index contributed by atoms with van der Waals surface area (Å²) in [4.78, 5) is 25.5. The van der Waals surface area contributed by atoms with Crippen LogP contribution in [0.25, 0.3) is 0 Å². The smallest absolute Gasteiger partial charge is 0.311 e. The Kier molecular flexibility index (Phi) is 4.18. The Hall–Kier alpha value is -1.36. The Balaban J connectivity index is 2.23. The number of benzene rings is 1. The third-order valence-corrected chi connectivity index (χ3v) is 4.51. The van der Waals surface area contributed by atoms with Crippen LogP contribution in [0.2, 0.25) is 0 Å². The molecule has 0 aromatic heterocycles. The number of hydrogen-bond donors (Lipinski definition) is 1. The number of carboxylic acid groups (broad SMARTS) is 1. The first kappa shape index (κ1) is 15.0. The molecule has 1 atom stereocenters. The molecule has 1 unspecified atom stereocenters. The first-order valence-corrected chi connectivity index (χ1v) is 7.42. The molecule has 1 aliphatic heterocycles. The molecule has 1 aliphatic rings. The summed E-state index contributed by atoms with van der Waals surface area (Å²) in [7, 11) is 0. The fraction of sp³-hybridized carbons (Fsp3) is 0.467. The Morgan fingerprint density at radius 1 is 1.40 bits per heavy atom. The van der Waals surface area contributed by atoms with Crippen molar-refractivity contribution in [3.63, 3.8) is 0 Å². The average Bonchev–Trinajstić information content (AvgIpc) is 2.38. The Morgan fingerprint density at radius 3 is 2.70 bits per heavy atom. The highest BCUT2D eigenvalue weighted by Crippen LogP contribution is 2.31. The third kappa shape index (κ3) is 2.87. The van der Waals surface area contributed by atoms with Gasteiger partial charge < -0.3 is 10.0 Å². The van der Waals surface area contributed by atoms with E-state index in [9.17, 15) is 14.7 Å². The number of nitrogens with zero attached hydrogens (tertiary/aromatic N) is 1. The maximum atomic E-state index is 12.5. The fourth-order valence-corrected chi connectivity index (χ4v) is 3.21. The number of amides is 1. The van der Waals surface area contributed by atoms with Crippen LogP contribution in [0, 0.1) is 12.3 Å². The lowest BCUT2D eigenvalue weighted by atomic mass is 9.82. The van der Waals surface area contributed by atoms with Crippen LogP contribution in [0.5, 0.6) is 0 Å². The monoisotopic (exact) mass is 339 g/mol. The van der Waals surface area contributed by atoms with Gasteiger partial charge in [-0.05, 0) is 60.3 Å². The topological polar surface area (TPSA) is 57.6 Å². The predicted octanol–water partition coefficient (Wildman–Crippen LogP) is 3.08. The summed E-state index contributed by atoms with van der Waals surface area (Å²) in [6.45, 7) is 4.55. The summed E-state index contributed by atoms with van der Waals surface area (Å²) in [5.74, 6) is -0.943. The number of piperidine rings is 1. The molecular formula is C15H18BrNO3. The van der Waals surface area contributed by atoms with Crippen molar-refractivity contribution in [2.24, 2.45) is 5.41 Å². The lowest BCUT2D eigenvalue weighted by Gasteiger charge is -2.37. The Labute approximate surface area is 126 Å². The highest BCUT2D eigenvalue weighted by atomic mass is 79.9. The lowest BCUT2D eigenvalue weighted by molar-refractivity contribution is -0.150. The van der Waals surface area contributed by atoms with Crippen molar-refractivity contribution < 1.29 is 14.7 Å². The Bertz CT molecular complexity index is 558. The summed E-state index contributed by atoms with van der Waals surface area (Å²) < 4.78 is 0.755. The molecule has 5 heteroatoms. The average molecular weight is 340 g/mol. The summed E-state index contributed by atoms with van der Waals surface area (Å²) in [6.07, 6.45) is 1.33. The zero-order valence-corrected chi connectivity index (χ0v) is 13.2. The Morgan fingerprint density at radius 2 is 2.10 bits per heavy atom. The van der Waals surface area contributed by atoms with Crippen molar-refractivity contribution in [3.8, 4) is 0 Å². The van der Waals surface area contributed by atoms with Crippen LogP contribution >= 0.6 is 15.9 Å². The third-order valence-electron chi connectivity index (χ3n) is 3.85.